The Morgan fingerprint density at radius 1 is 1.48 bits per heavy atom. The summed E-state index contributed by atoms with van der Waals surface area (Å²) in [6.07, 6.45) is 5.36. The van der Waals surface area contributed by atoms with Crippen LogP contribution in [0.4, 0.5) is 5.69 Å². The number of anilines is 1. The Bertz CT molecular complexity index is 512. The number of aromatic nitrogens is 2. The first-order valence-electron chi connectivity index (χ1n) is 6.90. The van der Waals surface area contributed by atoms with Crippen molar-refractivity contribution in [2.75, 3.05) is 25.6 Å². The van der Waals surface area contributed by atoms with E-state index in [1.54, 1.807) is 10.9 Å². The SMILES string of the molecule is CC(C)n1cc(NN([C@H]2CCCN(C)C2)[SH](=O)=O)cn1.Cl. The molecule has 0 saturated carbocycles. The molecule has 1 aromatic rings. The highest BCUT2D eigenvalue weighted by molar-refractivity contribution is 7.69. The molecule has 1 atom stereocenters. The monoisotopic (exact) mass is 337 g/mol. The van der Waals surface area contributed by atoms with E-state index in [9.17, 15) is 8.42 Å². The average Bonchev–Trinajstić information content (AvgIpc) is 2.84. The number of piperidine rings is 1. The number of hydrazine groups is 1. The number of halogens is 1. The van der Waals surface area contributed by atoms with Crippen molar-refractivity contribution < 1.29 is 8.42 Å². The Morgan fingerprint density at radius 2 is 2.19 bits per heavy atom. The van der Waals surface area contributed by atoms with Gasteiger partial charge in [0.25, 0.3) is 0 Å². The largest absolute Gasteiger partial charge is 0.305 e. The molecule has 1 aliphatic rings. The number of nitrogens with zero attached hydrogens (tertiary/aromatic N) is 4. The summed E-state index contributed by atoms with van der Waals surface area (Å²) in [5.41, 5.74) is 3.67. The third-order valence-corrected chi connectivity index (χ3v) is 4.27. The molecule has 122 valence electrons. The molecule has 1 aliphatic heterocycles. The van der Waals surface area contributed by atoms with Gasteiger partial charge >= 0.3 is 0 Å². The minimum Gasteiger partial charge on any atom is -0.305 e. The zero-order valence-corrected chi connectivity index (χ0v) is 14.3. The third-order valence-electron chi connectivity index (χ3n) is 3.50. The second-order valence-electron chi connectivity index (χ2n) is 5.56. The van der Waals surface area contributed by atoms with Gasteiger partial charge in [-0.05, 0) is 40.3 Å². The zero-order chi connectivity index (χ0) is 14.7. The fourth-order valence-electron chi connectivity index (χ4n) is 2.41. The van der Waals surface area contributed by atoms with Gasteiger partial charge in [-0.3, -0.25) is 4.68 Å². The van der Waals surface area contributed by atoms with Crippen molar-refractivity contribution in [3.05, 3.63) is 12.4 Å². The topological polar surface area (TPSA) is 70.5 Å². The number of nitrogens with one attached hydrogen (secondary N) is 1. The minimum absolute atomic E-state index is 0. The zero-order valence-electron chi connectivity index (χ0n) is 12.6. The minimum atomic E-state index is -2.68. The van der Waals surface area contributed by atoms with Crippen molar-refractivity contribution >= 4 is 29.0 Å². The quantitative estimate of drug-likeness (QED) is 0.622. The summed E-state index contributed by atoms with van der Waals surface area (Å²) >= 11 is 0. The van der Waals surface area contributed by atoms with Gasteiger partial charge in [0, 0.05) is 18.8 Å². The second kappa shape index (κ2) is 7.98. The van der Waals surface area contributed by atoms with Gasteiger partial charge in [-0.1, -0.05) is 0 Å². The maximum Gasteiger partial charge on any atom is 0.221 e. The average molecular weight is 338 g/mol. The first-order valence-corrected chi connectivity index (χ1v) is 8.03. The lowest BCUT2D eigenvalue weighted by Gasteiger charge is -2.34. The maximum atomic E-state index is 11.5. The summed E-state index contributed by atoms with van der Waals surface area (Å²) in [4.78, 5) is 2.15. The van der Waals surface area contributed by atoms with E-state index in [0.717, 1.165) is 25.9 Å². The van der Waals surface area contributed by atoms with Crippen LogP contribution in [0.3, 0.4) is 0 Å². The lowest BCUT2D eigenvalue weighted by atomic mass is 10.1. The van der Waals surface area contributed by atoms with E-state index in [-0.39, 0.29) is 24.5 Å². The van der Waals surface area contributed by atoms with Crippen LogP contribution in [0.25, 0.3) is 0 Å². The Morgan fingerprint density at radius 3 is 2.71 bits per heavy atom. The lowest BCUT2D eigenvalue weighted by Crippen LogP contribution is -2.48. The van der Waals surface area contributed by atoms with Crippen molar-refractivity contribution in [1.29, 1.82) is 0 Å². The number of hydrogen-bond donors (Lipinski definition) is 2. The first kappa shape index (κ1) is 18.2. The summed E-state index contributed by atoms with van der Waals surface area (Å²) in [6.45, 7) is 5.82. The molecule has 21 heavy (non-hydrogen) atoms. The van der Waals surface area contributed by atoms with Crippen molar-refractivity contribution in [2.45, 2.75) is 38.8 Å². The molecule has 1 aromatic heterocycles. The fraction of sp³-hybridized carbons (Fsp3) is 0.750. The fourth-order valence-corrected chi connectivity index (χ4v) is 3.07. The Balaban J connectivity index is 0.00000220. The molecule has 0 aromatic carbocycles. The molecular formula is C12H24ClN5O2S. The van der Waals surface area contributed by atoms with E-state index in [4.69, 9.17) is 0 Å². The van der Waals surface area contributed by atoms with Crippen molar-refractivity contribution in [2.24, 2.45) is 0 Å². The summed E-state index contributed by atoms with van der Waals surface area (Å²) in [7, 11) is -0.664. The number of hydrogen-bond acceptors (Lipinski definition) is 5. The summed E-state index contributed by atoms with van der Waals surface area (Å²) < 4.78 is 26.1. The number of rotatable bonds is 5. The summed E-state index contributed by atoms with van der Waals surface area (Å²) in [5.74, 6) is 0. The standard InChI is InChI=1S/C12H23N5O2S.ClH/c1-10(2)16-8-11(7-13-16)14-17(20(18)19)12-5-4-6-15(3)9-12;/h7-8,10,12,14,20H,4-6,9H2,1-3H3;1H/t12-;/m0./s1. The summed E-state index contributed by atoms with van der Waals surface area (Å²) in [6, 6.07) is 0.220. The molecule has 0 amide bonds. The molecule has 1 fully saturated rings. The highest BCUT2D eigenvalue weighted by Gasteiger charge is 2.26. The van der Waals surface area contributed by atoms with Crippen LogP contribution in [-0.2, 0) is 10.9 Å². The molecule has 0 bridgehead atoms. The van der Waals surface area contributed by atoms with Crippen LogP contribution >= 0.6 is 12.4 Å². The van der Waals surface area contributed by atoms with Crippen LogP contribution in [0, 0.1) is 0 Å². The highest BCUT2D eigenvalue weighted by atomic mass is 35.5. The highest BCUT2D eigenvalue weighted by Crippen LogP contribution is 2.17. The van der Waals surface area contributed by atoms with E-state index >= 15 is 0 Å². The number of likely N-dealkylation sites (N-methyl/N-ethyl adjacent to an activating group) is 1. The molecule has 2 heterocycles. The Kier molecular flexibility index (Phi) is 6.92. The molecule has 0 radical (unpaired) electrons. The molecule has 0 aliphatic carbocycles. The van der Waals surface area contributed by atoms with Crippen LogP contribution in [0.15, 0.2) is 12.4 Å². The van der Waals surface area contributed by atoms with Gasteiger partial charge in [0.2, 0.25) is 10.9 Å². The van der Waals surface area contributed by atoms with E-state index < -0.39 is 10.9 Å². The normalized spacial score (nSPS) is 20.0. The van der Waals surface area contributed by atoms with Crippen LogP contribution in [-0.4, -0.2) is 53.7 Å². The van der Waals surface area contributed by atoms with E-state index in [0.29, 0.717) is 5.69 Å². The van der Waals surface area contributed by atoms with Crippen molar-refractivity contribution in [3.8, 4) is 0 Å². The maximum absolute atomic E-state index is 11.5. The van der Waals surface area contributed by atoms with Gasteiger partial charge in [-0.15, -0.1) is 16.8 Å². The predicted octanol–water partition coefficient (Wildman–Crippen LogP) is 1.14. The van der Waals surface area contributed by atoms with Crippen LogP contribution in [0.2, 0.25) is 0 Å². The van der Waals surface area contributed by atoms with Gasteiger partial charge in [0.1, 0.15) is 0 Å². The van der Waals surface area contributed by atoms with Gasteiger partial charge in [0.15, 0.2) is 0 Å². The summed E-state index contributed by atoms with van der Waals surface area (Å²) in [5, 5.41) is 4.21. The Hall–Kier alpha value is -0.830. The predicted molar refractivity (Wildman–Crippen MR) is 86.2 cm³/mol. The molecule has 1 saturated heterocycles. The van der Waals surface area contributed by atoms with Gasteiger partial charge < -0.3 is 10.3 Å². The molecule has 2 rings (SSSR count). The molecule has 1 N–H and O–H groups in total. The van der Waals surface area contributed by atoms with Gasteiger partial charge in [-0.25, -0.2) is 8.42 Å². The van der Waals surface area contributed by atoms with E-state index in [1.807, 2.05) is 27.1 Å². The van der Waals surface area contributed by atoms with E-state index in [1.165, 1.54) is 4.41 Å². The molecule has 0 spiro atoms. The Labute approximate surface area is 133 Å². The van der Waals surface area contributed by atoms with Crippen molar-refractivity contribution in [1.82, 2.24) is 19.1 Å². The van der Waals surface area contributed by atoms with Crippen LogP contribution < -0.4 is 5.43 Å². The van der Waals surface area contributed by atoms with E-state index in [2.05, 4.69) is 15.4 Å². The van der Waals surface area contributed by atoms with Crippen LogP contribution in [0.5, 0.6) is 0 Å². The lowest BCUT2D eigenvalue weighted by molar-refractivity contribution is 0.189. The second-order valence-corrected chi connectivity index (χ2v) is 6.46. The van der Waals surface area contributed by atoms with Gasteiger partial charge in [-0.2, -0.15) is 5.10 Å². The first-order chi connectivity index (χ1) is 9.47. The third kappa shape index (κ3) is 4.84. The smallest absolute Gasteiger partial charge is 0.221 e. The molecule has 7 nitrogen and oxygen atoms in total. The molecule has 9 heteroatoms. The van der Waals surface area contributed by atoms with Gasteiger partial charge in [0.05, 0.1) is 17.9 Å². The molecule has 0 unspecified atom stereocenters. The van der Waals surface area contributed by atoms with Crippen LogP contribution in [0.1, 0.15) is 32.7 Å². The van der Waals surface area contributed by atoms with Crippen molar-refractivity contribution in [3.63, 3.8) is 0 Å². The number of thiol groups is 1. The number of likely N-dealkylation sites (tertiary alicyclic amines) is 1. The molecular weight excluding hydrogens is 314 g/mol.